The summed E-state index contributed by atoms with van der Waals surface area (Å²) in [5.41, 5.74) is 13.9. The van der Waals surface area contributed by atoms with Crippen molar-refractivity contribution in [2.24, 2.45) is 5.73 Å². The van der Waals surface area contributed by atoms with Crippen molar-refractivity contribution in [2.75, 3.05) is 11.1 Å². The third-order valence-electron chi connectivity index (χ3n) is 5.33. The van der Waals surface area contributed by atoms with Gasteiger partial charge in [-0.05, 0) is 42.8 Å². The lowest BCUT2D eigenvalue weighted by atomic mass is 10.1. The van der Waals surface area contributed by atoms with Crippen LogP contribution >= 0.6 is 0 Å². The number of anilines is 2. The Morgan fingerprint density at radius 3 is 2.50 bits per heavy atom. The number of hydrogen-bond acceptors (Lipinski definition) is 6. The first kappa shape index (κ1) is 22.5. The molecule has 0 saturated heterocycles. The molecule has 10 nitrogen and oxygen atoms in total. The molecule has 0 radical (unpaired) electrons. The lowest BCUT2D eigenvalue weighted by Gasteiger charge is -2.15. The third-order valence-corrected chi connectivity index (χ3v) is 5.33. The standard InChI is InChI=1S/C24H23N7O3/c1-2-31-21(25)19(22(26)33)20(32)17-9-10-18(30-23(17)31)15-5-7-16(8-6-15)29-24(34)28-13-14-4-3-11-27-12-14/h3-12H,2,13,25H2,1H3,(H2,26,33)(H2,28,29,34). The monoisotopic (exact) mass is 457 g/mol. The number of nitrogens with one attached hydrogen (secondary N) is 2. The highest BCUT2D eigenvalue weighted by atomic mass is 16.2. The Balaban J connectivity index is 1.56. The Bertz CT molecular complexity index is 1430. The Morgan fingerprint density at radius 1 is 1.09 bits per heavy atom. The van der Waals surface area contributed by atoms with Gasteiger partial charge in [-0.25, -0.2) is 9.78 Å². The Kier molecular flexibility index (Phi) is 6.22. The van der Waals surface area contributed by atoms with Gasteiger partial charge in [0, 0.05) is 36.7 Å². The van der Waals surface area contributed by atoms with Crippen LogP contribution in [0.25, 0.3) is 22.3 Å². The van der Waals surface area contributed by atoms with Crippen LogP contribution in [0, 0.1) is 0 Å². The molecular weight excluding hydrogens is 434 g/mol. The number of amides is 3. The van der Waals surface area contributed by atoms with E-state index in [2.05, 4.69) is 20.6 Å². The molecule has 0 saturated carbocycles. The van der Waals surface area contributed by atoms with Crippen molar-refractivity contribution in [1.82, 2.24) is 19.9 Å². The van der Waals surface area contributed by atoms with E-state index in [0.29, 0.717) is 30.1 Å². The summed E-state index contributed by atoms with van der Waals surface area (Å²) in [6.07, 6.45) is 3.36. The van der Waals surface area contributed by atoms with Gasteiger partial charge >= 0.3 is 6.03 Å². The number of nitrogens with two attached hydrogens (primary N) is 2. The molecule has 3 amide bonds. The van der Waals surface area contributed by atoms with E-state index in [1.807, 2.05) is 13.0 Å². The van der Waals surface area contributed by atoms with E-state index in [-0.39, 0.29) is 22.8 Å². The second kappa shape index (κ2) is 9.41. The number of carbonyl (C=O) groups is 2. The van der Waals surface area contributed by atoms with Crippen LogP contribution in [0.15, 0.2) is 65.7 Å². The Labute approximate surface area is 194 Å². The summed E-state index contributed by atoms with van der Waals surface area (Å²) in [5.74, 6) is -0.878. The van der Waals surface area contributed by atoms with Gasteiger partial charge in [-0.1, -0.05) is 18.2 Å². The van der Waals surface area contributed by atoms with Gasteiger partial charge in [-0.15, -0.1) is 0 Å². The second-order valence-corrected chi connectivity index (χ2v) is 7.51. The van der Waals surface area contributed by atoms with Crippen LogP contribution in [0.4, 0.5) is 16.3 Å². The second-order valence-electron chi connectivity index (χ2n) is 7.51. The van der Waals surface area contributed by atoms with Crippen LogP contribution in [0.2, 0.25) is 0 Å². The number of aryl methyl sites for hydroxylation is 1. The van der Waals surface area contributed by atoms with Crippen molar-refractivity contribution in [2.45, 2.75) is 20.0 Å². The minimum atomic E-state index is -0.872. The first-order chi connectivity index (χ1) is 16.4. The Morgan fingerprint density at radius 2 is 1.85 bits per heavy atom. The SMILES string of the molecule is CCn1c(N)c(C(N)=O)c(=O)c2ccc(-c3ccc(NC(=O)NCc4cccnc4)cc3)nc21. The number of pyridine rings is 3. The maximum atomic E-state index is 12.7. The number of rotatable bonds is 6. The predicted octanol–water partition coefficient (Wildman–Crippen LogP) is 2.48. The average Bonchev–Trinajstić information content (AvgIpc) is 2.84. The van der Waals surface area contributed by atoms with Crippen LogP contribution in [0.1, 0.15) is 22.8 Å². The van der Waals surface area contributed by atoms with Crippen LogP contribution in [-0.4, -0.2) is 26.5 Å². The molecule has 34 heavy (non-hydrogen) atoms. The van der Waals surface area contributed by atoms with E-state index in [1.54, 1.807) is 59.4 Å². The zero-order valence-electron chi connectivity index (χ0n) is 18.4. The number of nitrogens with zero attached hydrogens (tertiary/aromatic N) is 3. The molecule has 0 bridgehead atoms. The fraction of sp³-hybridized carbons (Fsp3) is 0.125. The van der Waals surface area contributed by atoms with E-state index in [4.69, 9.17) is 11.5 Å². The van der Waals surface area contributed by atoms with Gasteiger partial charge in [0.15, 0.2) is 0 Å². The zero-order valence-corrected chi connectivity index (χ0v) is 18.4. The van der Waals surface area contributed by atoms with Gasteiger partial charge in [-0.2, -0.15) is 0 Å². The fourth-order valence-electron chi connectivity index (χ4n) is 3.64. The van der Waals surface area contributed by atoms with Crippen LogP contribution in [0.3, 0.4) is 0 Å². The van der Waals surface area contributed by atoms with E-state index in [9.17, 15) is 14.4 Å². The molecule has 172 valence electrons. The number of aromatic nitrogens is 3. The maximum absolute atomic E-state index is 12.7. The number of carbonyl (C=O) groups excluding carboxylic acids is 2. The molecule has 0 aliphatic heterocycles. The third kappa shape index (κ3) is 4.42. The topological polar surface area (TPSA) is 158 Å². The molecule has 3 aromatic heterocycles. The number of nitrogen functional groups attached to an aromatic ring is 1. The van der Waals surface area contributed by atoms with Gasteiger partial charge in [0.1, 0.15) is 17.0 Å². The van der Waals surface area contributed by atoms with Gasteiger partial charge in [0.25, 0.3) is 5.91 Å². The summed E-state index contributed by atoms with van der Waals surface area (Å²) < 4.78 is 1.59. The lowest BCUT2D eigenvalue weighted by Crippen LogP contribution is -2.28. The smallest absolute Gasteiger partial charge is 0.319 e. The maximum Gasteiger partial charge on any atom is 0.319 e. The minimum Gasteiger partial charge on any atom is -0.384 e. The molecule has 4 rings (SSSR count). The van der Waals surface area contributed by atoms with Gasteiger partial charge in [-0.3, -0.25) is 14.6 Å². The van der Waals surface area contributed by atoms with Gasteiger partial charge < -0.3 is 26.7 Å². The molecule has 0 unspecified atom stereocenters. The van der Waals surface area contributed by atoms with Crippen molar-refractivity contribution in [3.05, 3.63) is 82.3 Å². The number of primary amides is 1. The normalized spacial score (nSPS) is 10.7. The summed E-state index contributed by atoms with van der Waals surface area (Å²) in [6.45, 7) is 2.59. The van der Waals surface area contributed by atoms with Crippen molar-refractivity contribution >= 4 is 34.5 Å². The predicted molar refractivity (Wildman–Crippen MR) is 130 cm³/mol. The number of hydrogen-bond donors (Lipinski definition) is 4. The summed E-state index contributed by atoms with van der Waals surface area (Å²) >= 11 is 0. The van der Waals surface area contributed by atoms with Crippen molar-refractivity contribution in [3.8, 4) is 11.3 Å². The van der Waals surface area contributed by atoms with E-state index in [0.717, 1.165) is 11.1 Å². The molecule has 0 aliphatic carbocycles. The van der Waals surface area contributed by atoms with Crippen molar-refractivity contribution in [3.63, 3.8) is 0 Å². The first-order valence-corrected chi connectivity index (χ1v) is 10.6. The molecule has 1 aromatic carbocycles. The van der Waals surface area contributed by atoms with Gasteiger partial charge in [0.2, 0.25) is 5.43 Å². The molecule has 0 atom stereocenters. The Hall–Kier alpha value is -4.73. The van der Waals surface area contributed by atoms with Crippen LogP contribution in [-0.2, 0) is 13.1 Å². The summed E-state index contributed by atoms with van der Waals surface area (Å²) in [4.78, 5) is 45.2. The summed E-state index contributed by atoms with van der Waals surface area (Å²) in [7, 11) is 0. The van der Waals surface area contributed by atoms with E-state index < -0.39 is 11.3 Å². The average molecular weight is 457 g/mol. The van der Waals surface area contributed by atoms with Gasteiger partial charge in [0.05, 0.1) is 11.1 Å². The van der Waals surface area contributed by atoms with Crippen LogP contribution < -0.4 is 27.5 Å². The summed E-state index contributed by atoms with van der Waals surface area (Å²) in [5, 5.41) is 5.81. The highest BCUT2D eigenvalue weighted by molar-refractivity contribution is 6.00. The molecule has 4 aromatic rings. The number of benzene rings is 1. The molecular formula is C24H23N7O3. The highest BCUT2D eigenvalue weighted by Gasteiger charge is 2.19. The zero-order chi connectivity index (χ0) is 24.2. The molecule has 0 spiro atoms. The van der Waals surface area contributed by atoms with Crippen molar-refractivity contribution in [1.29, 1.82) is 0 Å². The first-order valence-electron chi connectivity index (χ1n) is 10.6. The van der Waals surface area contributed by atoms with Crippen molar-refractivity contribution < 1.29 is 9.59 Å². The molecule has 10 heteroatoms. The number of fused-ring (bicyclic) bond motifs is 1. The highest BCUT2D eigenvalue weighted by Crippen LogP contribution is 2.24. The van der Waals surface area contributed by atoms with E-state index >= 15 is 0 Å². The molecule has 0 aliphatic rings. The number of urea groups is 1. The largest absolute Gasteiger partial charge is 0.384 e. The lowest BCUT2D eigenvalue weighted by molar-refractivity contribution is 0.0999. The van der Waals surface area contributed by atoms with E-state index in [1.165, 1.54) is 0 Å². The molecule has 6 N–H and O–H groups in total. The quantitative estimate of drug-likeness (QED) is 0.348. The fourth-order valence-corrected chi connectivity index (χ4v) is 3.64. The minimum absolute atomic E-state index is 0.00556. The molecule has 3 heterocycles. The van der Waals surface area contributed by atoms with Crippen LogP contribution in [0.5, 0.6) is 0 Å². The summed E-state index contributed by atoms with van der Waals surface area (Å²) in [6, 6.07) is 13.8. The molecule has 0 fully saturated rings.